The van der Waals surface area contributed by atoms with Gasteiger partial charge in [0.1, 0.15) is 0 Å². The first kappa shape index (κ1) is 7.43. The van der Waals surface area contributed by atoms with Gasteiger partial charge in [0.05, 0.1) is 7.11 Å². The molecule has 0 amide bonds. The summed E-state index contributed by atoms with van der Waals surface area (Å²) in [4.78, 5) is 10.3. The van der Waals surface area contributed by atoms with E-state index in [1.165, 1.54) is 21.0 Å². The molecule has 8 heavy (non-hydrogen) atoms. The highest BCUT2D eigenvalue weighted by Crippen LogP contribution is 2.02. The third-order valence-corrected chi connectivity index (χ3v) is 0.677. The molecule has 0 atom stereocenters. The lowest BCUT2D eigenvalue weighted by Gasteiger charge is -2.08. The SMILES string of the molecule is COC(=O)C(C)(C)[O]. The van der Waals surface area contributed by atoms with Gasteiger partial charge < -0.3 is 4.74 Å². The van der Waals surface area contributed by atoms with Crippen molar-refractivity contribution in [2.75, 3.05) is 7.11 Å². The van der Waals surface area contributed by atoms with Gasteiger partial charge in [0.25, 0.3) is 0 Å². The van der Waals surface area contributed by atoms with Gasteiger partial charge in [-0.3, -0.25) is 0 Å². The second kappa shape index (κ2) is 2.13. The van der Waals surface area contributed by atoms with E-state index in [9.17, 15) is 9.90 Å². The van der Waals surface area contributed by atoms with Crippen LogP contribution in [0.1, 0.15) is 13.8 Å². The van der Waals surface area contributed by atoms with Crippen LogP contribution in [-0.4, -0.2) is 18.7 Å². The first-order chi connectivity index (χ1) is 3.48. The standard InChI is InChI=1S/C5H9O3/c1-5(2,7)4(6)8-3/h1-3H3. The molecule has 0 rings (SSSR count). The van der Waals surface area contributed by atoms with E-state index in [1.54, 1.807) is 0 Å². The highest BCUT2D eigenvalue weighted by molar-refractivity contribution is 5.77. The maximum Gasteiger partial charge on any atom is 0.340 e. The molecular weight excluding hydrogens is 108 g/mol. The quantitative estimate of drug-likeness (QED) is 0.466. The Labute approximate surface area is 48.3 Å². The average Bonchev–Trinajstić information content (AvgIpc) is 1.62. The van der Waals surface area contributed by atoms with Crippen LogP contribution in [0.3, 0.4) is 0 Å². The number of carbonyl (C=O) groups excluding carboxylic acids is 1. The molecule has 47 valence electrons. The fourth-order valence-electron chi connectivity index (χ4n) is 0.246. The van der Waals surface area contributed by atoms with Gasteiger partial charge in [0, 0.05) is 0 Å². The van der Waals surface area contributed by atoms with Crippen molar-refractivity contribution >= 4 is 5.97 Å². The fourth-order valence-corrected chi connectivity index (χ4v) is 0.246. The van der Waals surface area contributed by atoms with E-state index >= 15 is 0 Å². The molecule has 0 aliphatic rings. The van der Waals surface area contributed by atoms with Gasteiger partial charge in [-0.1, -0.05) is 0 Å². The lowest BCUT2D eigenvalue weighted by molar-refractivity contribution is -0.164. The molecule has 0 aromatic heterocycles. The molecule has 0 spiro atoms. The lowest BCUT2D eigenvalue weighted by Crippen LogP contribution is -2.30. The van der Waals surface area contributed by atoms with Crippen LogP contribution in [0.4, 0.5) is 0 Å². The summed E-state index contributed by atoms with van der Waals surface area (Å²) in [6, 6.07) is 0. The van der Waals surface area contributed by atoms with Crippen LogP contribution in [0, 0.1) is 0 Å². The molecule has 0 saturated heterocycles. The summed E-state index contributed by atoms with van der Waals surface area (Å²) in [5.41, 5.74) is -1.60. The molecule has 0 saturated carbocycles. The lowest BCUT2D eigenvalue weighted by atomic mass is 10.1. The van der Waals surface area contributed by atoms with Crippen LogP contribution in [0.25, 0.3) is 0 Å². The van der Waals surface area contributed by atoms with E-state index in [-0.39, 0.29) is 0 Å². The minimum absolute atomic E-state index is 0.725. The number of ether oxygens (including phenoxy) is 1. The summed E-state index contributed by atoms with van der Waals surface area (Å²) in [5, 5.41) is 10.6. The molecule has 0 aliphatic heterocycles. The highest BCUT2D eigenvalue weighted by atomic mass is 16.5. The first-order valence-corrected chi connectivity index (χ1v) is 2.27. The summed E-state index contributed by atoms with van der Waals surface area (Å²) in [6.45, 7) is 2.53. The number of carbonyl (C=O) groups is 1. The van der Waals surface area contributed by atoms with Gasteiger partial charge in [-0.15, -0.1) is 0 Å². The van der Waals surface area contributed by atoms with Crippen molar-refractivity contribution in [3.63, 3.8) is 0 Å². The Morgan fingerprint density at radius 3 is 1.88 bits per heavy atom. The van der Waals surface area contributed by atoms with Crippen LogP contribution in [0.5, 0.6) is 0 Å². The fraction of sp³-hybridized carbons (Fsp3) is 0.800. The minimum atomic E-state index is -1.60. The van der Waals surface area contributed by atoms with Gasteiger partial charge in [-0.2, -0.15) is 0 Å². The number of hydrogen-bond acceptors (Lipinski definition) is 2. The van der Waals surface area contributed by atoms with Crippen LogP contribution >= 0.6 is 0 Å². The smallest absolute Gasteiger partial charge is 0.340 e. The highest BCUT2D eigenvalue weighted by Gasteiger charge is 2.26. The summed E-state index contributed by atoms with van der Waals surface area (Å²) < 4.78 is 4.16. The second-order valence-electron chi connectivity index (χ2n) is 2.00. The van der Waals surface area contributed by atoms with Crippen molar-refractivity contribution in [1.82, 2.24) is 0 Å². The molecule has 0 bridgehead atoms. The zero-order valence-electron chi connectivity index (χ0n) is 5.22. The third kappa shape index (κ3) is 1.93. The van der Waals surface area contributed by atoms with Crippen LogP contribution in [-0.2, 0) is 14.6 Å². The Morgan fingerprint density at radius 2 is 1.88 bits per heavy atom. The van der Waals surface area contributed by atoms with Gasteiger partial charge in [-0.05, 0) is 13.8 Å². The molecule has 0 fully saturated rings. The van der Waals surface area contributed by atoms with Crippen molar-refractivity contribution in [1.29, 1.82) is 0 Å². The predicted molar refractivity (Wildman–Crippen MR) is 26.8 cm³/mol. The Morgan fingerprint density at radius 1 is 1.50 bits per heavy atom. The largest absolute Gasteiger partial charge is 0.467 e. The second-order valence-corrected chi connectivity index (χ2v) is 2.00. The van der Waals surface area contributed by atoms with E-state index < -0.39 is 11.6 Å². The molecular formula is C5H9O3. The Hall–Kier alpha value is -0.570. The molecule has 0 aliphatic carbocycles. The van der Waals surface area contributed by atoms with Crippen molar-refractivity contribution in [3.8, 4) is 0 Å². The maximum absolute atomic E-state index is 10.6. The van der Waals surface area contributed by atoms with Crippen LogP contribution in [0.2, 0.25) is 0 Å². The molecule has 0 N–H and O–H groups in total. The summed E-state index contributed by atoms with van der Waals surface area (Å²) in [6.07, 6.45) is 0. The number of rotatable bonds is 1. The summed E-state index contributed by atoms with van der Waals surface area (Å²) >= 11 is 0. The van der Waals surface area contributed by atoms with E-state index in [0.717, 1.165) is 0 Å². The zero-order chi connectivity index (χ0) is 6.78. The first-order valence-electron chi connectivity index (χ1n) is 2.27. The third-order valence-electron chi connectivity index (χ3n) is 0.677. The van der Waals surface area contributed by atoms with E-state index in [0.29, 0.717) is 0 Å². The monoisotopic (exact) mass is 117 g/mol. The Balaban J connectivity index is 3.82. The molecule has 0 unspecified atom stereocenters. The Bertz CT molecular complexity index is 90.3. The van der Waals surface area contributed by atoms with Gasteiger partial charge >= 0.3 is 5.97 Å². The topological polar surface area (TPSA) is 46.2 Å². The summed E-state index contributed by atoms with van der Waals surface area (Å²) in [5.74, 6) is -0.725. The predicted octanol–water partition coefficient (Wildman–Crippen LogP) is 0.368. The molecule has 0 aromatic rings. The number of esters is 1. The summed E-state index contributed by atoms with van der Waals surface area (Å²) in [7, 11) is 1.20. The van der Waals surface area contributed by atoms with Crippen molar-refractivity contribution in [2.24, 2.45) is 0 Å². The maximum atomic E-state index is 10.6. The van der Waals surface area contributed by atoms with Gasteiger partial charge in [0.2, 0.25) is 0 Å². The van der Waals surface area contributed by atoms with Crippen molar-refractivity contribution in [2.45, 2.75) is 19.4 Å². The molecule has 3 nitrogen and oxygen atoms in total. The molecule has 3 heteroatoms. The van der Waals surface area contributed by atoms with E-state index in [2.05, 4.69) is 4.74 Å². The van der Waals surface area contributed by atoms with E-state index in [4.69, 9.17) is 0 Å². The van der Waals surface area contributed by atoms with Gasteiger partial charge in [0.15, 0.2) is 5.60 Å². The minimum Gasteiger partial charge on any atom is -0.467 e. The zero-order valence-corrected chi connectivity index (χ0v) is 5.22. The number of methoxy groups -OCH3 is 1. The van der Waals surface area contributed by atoms with Crippen molar-refractivity contribution in [3.05, 3.63) is 0 Å². The van der Waals surface area contributed by atoms with Crippen molar-refractivity contribution < 1.29 is 14.6 Å². The van der Waals surface area contributed by atoms with E-state index in [1.807, 2.05) is 0 Å². The van der Waals surface area contributed by atoms with Crippen LogP contribution < -0.4 is 0 Å². The van der Waals surface area contributed by atoms with Gasteiger partial charge in [-0.25, -0.2) is 9.90 Å². The number of hydrogen-bond donors (Lipinski definition) is 0. The van der Waals surface area contributed by atoms with Crippen LogP contribution in [0.15, 0.2) is 0 Å². The molecule has 1 radical (unpaired) electrons. The molecule has 0 heterocycles. The Kier molecular flexibility index (Phi) is 1.98. The normalized spacial score (nSPS) is 11.0. The average molecular weight is 117 g/mol. The molecule has 0 aromatic carbocycles.